The normalized spacial score (nSPS) is 10.3. The summed E-state index contributed by atoms with van der Waals surface area (Å²) in [6.07, 6.45) is 3.20. The number of aromatic carboxylic acids is 2. The largest absolute Gasteiger partial charge is 0.478 e. The molecule has 0 saturated heterocycles. The van der Waals surface area contributed by atoms with Crippen LogP contribution in [0.5, 0.6) is 0 Å². The number of carboxylic acid groups (broad SMARTS) is 2. The van der Waals surface area contributed by atoms with E-state index in [2.05, 4.69) is 0 Å². The highest BCUT2D eigenvalue weighted by molar-refractivity contribution is 5.89. The summed E-state index contributed by atoms with van der Waals surface area (Å²) >= 11 is 0. The van der Waals surface area contributed by atoms with Gasteiger partial charge in [-0.2, -0.15) is 0 Å². The van der Waals surface area contributed by atoms with E-state index in [1.165, 1.54) is 18.3 Å². The third-order valence-electron chi connectivity index (χ3n) is 2.67. The van der Waals surface area contributed by atoms with Crippen molar-refractivity contribution in [3.8, 4) is 5.69 Å². The van der Waals surface area contributed by atoms with Gasteiger partial charge in [-0.3, -0.25) is 0 Å². The quantitative estimate of drug-likeness (QED) is 0.868. The fourth-order valence-electron chi connectivity index (χ4n) is 1.71. The molecule has 1 heterocycles. The molecule has 0 aliphatic rings. The van der Waals surface area contributed by atoms with E-state index in [1.54, 1.807) is 29.8 Å². The molecule has 0 unspecified atom stereocenters. The van der Waals surface area contributed by atoms with Crippen molar-refractivity contribution in [3.05, 3.63) is 53.3 Å². The second-order valence-corrected chi connectivity index (χ2v) is 3.92. The van der Waals surface area contributed by atoms with Crippen molar-refractivity contribution in [2.75, 3.05) is 0 Å². The van der Waals surface area contributed by atoms with Crippen LogP contribution in [0.4, 0.5) is 0 Å². The van der Waals surface area contributed by atoms with Gasteiger partial charge in [-0.1, -0.05) is 0 Å². The van der Waals surface area contributed by atoms with E-state index in [4.69, 9.17) is 10.2 Å². The van der Waals surface area contributed by atoms with Gasteiger partial charge in [0.1, 0.15) is 0 Å². The lowest BCUT2D eigenvalue weighted by molar-refractivity contribution is 0.0686. The predicted octanol–water partition coefficient (Wildman–Crippen LogP) is 2.18. The van der Waals surface area contributed by atoms with E-state index in [1.807, 2.05) is 0 Å². The maximum Gasteiger partial charge on any atom is 0.337 e. The zero-order valence-corrected chi connectivity index (χ0v) is 9.62. The van der Waals surface area contributed by atoms with Crippen LogP contribution in [0.3, 0.4) is 0 Å². The van der Waals surface area contributed by atoms with Crippen molar-refractivity contribution >= 4 is 11.9 Å². The Balaban J connectivity index is 2.40. The Hall–Kier alpha value is -2.56. The van der Waals surface area contributed by atoms with Gasteiger partial charge in [0.25, 0.3) is 0 Å². The van der Waals surface area contributed by atoms with Crippen molar-refractivity contribution in [3.63, 3.8) is 0 Å². The number of aryl methyl sites for hydroxylation is 1. The number of rotatable bonds is 3. The average molecular weight is 245 g/mol. The lowest BCUT2D eigenvalue weighted by Crippen LogP contribution is -1.98. The van der Waals surface area contributed by atoms with Gasteiger partial charge in [0.15, 0.2) is 0 Å². The Morgan fingerprint density at radius 2 is 1.61 bits per heavy atom. The standard InChI is InChI=1S/C13H11NO4/c1-8-6-14(7-11(8)13(17)18)10-4-2-9(3-5-10)12(15)16/h2-7H,1H3,(H,15,16)(H,17,18). The maximum absolute atomic E-state index is 10.9. The number of benzene rings is 1. The van der Waals surface area contributed by atoms with E-state index in [0.717, 1.165) is 5.69 Å². The van der Waals surface area contributed by atoms with Crippen molar-refractivity contribution in [1.29, 1.82) is 0 Å². The third-order valence-corrected chi connectivity index (χ3v) is 2.67. The van der Waals surface area contributed by atoms with Crippen LogP contribution in [0, 0.1) is 6.92 Å². The Morgan fingerprint density at radius 3 is 2.06 bits per heavy atom. The topological polar surface area (TPSA) is 79.5 Å². The fourth-order valence-corrected chi connectivity index (χ4v) is 1.71. The minimum absolute atomic E-state index is 0.195. The van der Waals surface area contributed by atoms with Crippen LogP contribution < -0.4 is 0 Å². The number of aromatic nitrogens is 1. The molecule has 18 heavy (non-hydrogen) atoms. The second kappa shape index (κ2) is 4.37. The minimum atomic E-state index is -0.989. The Morgan fingerprint density at radius 1 is 1.00 bits per heavy atom. The summed E-state index contributed by atoms with van der Waals surface area (Å²) in [5.74, 6) is -1.97. The van der Waals surface area contributed by atoms with Gasteiger partial charge in [-0.05, 0) is 36.8 Å². The minimum Gasteiger partial charge on any atom is -0.478 e. The molecule has 2 rings (SSSR count). The van der Waals surface area contributed by atoms with Gasteiger partial charge in [0, 0.05) is 18.1 Å². The van der Waals surface area contributed by atoms with Crippen LogP contribution >= 0.6 is 0 Å². The van der Waals surface area contributed by atoms with Gasteiger partial charge in [0.05, 0.1) is 11.1 Å². The van der Waals surface area contributed by atoms with Crippen molar-refractivity contribution in [2.45, 2.75) is 6.92 Å². The van der Waals surface area contributed by atoms with Crippen LogP contribution in [0.2, 0.25) is 0 Å². The molecule has 0 amide bonds. The fraction of sp³-hybridized carbons (Fsp3) is 0.0769. The van der Waals surface area contributed by atoms with E-state index in [9.17, 15) is 9.59 Å². The highest BCUT2D eigenvalue weighted by Gasteiger charge is 2.11. The Kier molecular flexibility index (Phi) is 2.89. The molecule has 0 spiro atoms. The lowest BCUT2D eigenvalue weighted by Gasteiger charge is -2.02. The lowest BCUT2D eigenvalue weighted by atomic mass is 10.2. The Labute approximate surface area is 103 Å². The van der Waals surface area contributed by atoms with Crippen LogP contribution in [-0.4, -0.2) is 26.7 Å². The highest BCUT2D eigenvalue weighted by atomic mass is 16.4. The molecule has 0 aliphatic carbocycles. The summed E-state index contributed by atoms with van der Waals surface area (Å²) in [6.45, 7) is 1.71. The van der Waals surface area contributed by atoms with Gasteiger partial charge in [-0.15, -0.1) is 0 Å². The second-order valence-electron chi connectivity index (χ2n) is 3.92. The number of hydrogen-bond donors (Lipinski definition) is 2. The van der Waals surface area contributed by atoms with Crippen LogP contribution in [0.1, 0.15) is 26.3 Å². The van der Waals surface area contributed by atoms with Gasteiger partial charge in [0.2, 0.25) is 0 Å². The first-order valence-corrected chi connectivity index (χ1v) is 5.24. The summed E-state index contributed by atoms with van der Waals surface area (Å²) in [5, 5.41) is 17.7. The average Bonchev–Trinajstić information content (AvgIpc) is 2.71. The van der Waals surface area contributed by atoms with E-state index < -0.39 is 11.9 Å². The molecular weight excluding hydrogens is 234 g/mol. The number of carbonyl (C=O) groups is 2. The molecule has 2 N–H and O–H groups in total. The molecule has 0 radical (unpaired) electrons. The highest BCUT2D eigenvalue weighted by Crippen LogP contribution is 2.16. The molecule has 0 aliphatic heterocycles. The smallest absolute Gasteiger partial charge is 0.337 e. The predicted molar refractivity (Wildman–Crippen MR) is 64.4 cm³/mol. The van der Waals surface area contributed by atoms with Crippen LogP contribution in [0.25, 0.3) is 5.69 Å². The van der Waals surface area contributed by atoms with Gasteiger partial charge < -0.3 is 14.8 Å². The summed E-state index contributed by atoms with van der Waals surface area (Å²) in [6, 6.07) is 6.23. The molecule has 0 atom stereocenters. The molecule has 0 bridgehead atoms. The van der Waals surface area contributed by atoms with Gasteiger partial charge in [-0.25, -0.2) is 9.59 Å². The van der Waals surface area contributed by atoms with E-state index in [-0.39, 0.29) is 11.1 Å². The molecule has 1 aromatic carbocycles. The molecule has 5 nitrogen and oxygen atoms in total. The van der Waals surface area contributed by atoms with Crippen molar-refractivity contribution in [2.24, 2.45) is 0 Å². The third kappa shape index (κ3) is 2.10. The molecule has 92 valence electrons. The van der Waals surface area contributed by atoms with Crippen LogP contribution in [0.15, 0.2) is 36.7 Å². The van der Waals surface area contributed by atoms with Crippen molar-refractivity contribution in [1.82, 2.24) is 4.57 Å². The first-order valence-electron chi connectivity index (χ1n) is 5.24. The molecule has 0 fully saturated rings. The molecule has 0 saturated carbocycles. The van der Waals surface area contributed by atoms with E-state index in [0.29, 0.717) is 5.56 Å². The summed E-state index contributed by atoms with van der Waals surface area (Å²) in [5.41, 5.74) is 1.80. The summed E-state index contributed by atoms with van der Waals surface area (Å²) in [4.78, 5) is 21.6. The SMILES string of the molecule is Cc1cn(-c2ccc(C(=O)O)cc2)cc1C(=O)O. The first kappa shape index (κ1) is 11.9. The zero-order valence-electron chi connectivity index (χ0n) is 9.62. The van der Waals surface area contributed by atoms with Crippen LogP contribution in [-0.2, 0) is 0 Å². The summed E-state index contributed by atoms with van der Waals surface area (Å²) < 4.78 is 1.66. The molecule has 2 aromatic rings. The zero-order chi connectivity index (χ0) is 13.3. The van der Waals surface area contributed by atoms with Crippen molar-refractivity contribution < 1.29 is 19.8 Å². The molecule has 1 aromatic heterocycles. The maximum atomic E-state index is 10.9. The van der Waals surface area contributed by atoms with E-state index >= 15 is 0 Å². The molecular formula is C13H11NO4. The summed E-state index contributed by atoms with van der Waals surface area (Å²) in [7, 11) is 0. The monoisotopic (exact) mass is 245 g/mol. The number of carboxylic acids is 2. The van der Waals surface area contributed by atoms with Gasteiger partial charge >= 0.3 is 11.9 Å². The number of nitrogens with zero attached hydrogens (tertiary/aromatic N) is 1. The first-order chi connectivity index (χ1) is 8.49. The Bertz CT molecular complexity index is 610. The number of hydrogen-bond acceptors (Lipinski definition) is 2. The molecule has 5 heteroatoms.